The van der Waals surface area contributed by atoms with Gasteiger partial charge in [-0.15, -0.1) is 0 Å². The van der Waals surface area contributed by atoms with Gasteiger partial charge in [-0.25, -0.2) is 4.68 Å². The van der Waals surface area contributed by atoms with Gasteiger partial charge in [-0.1, -0.05) is 12.1 Å². The Balaban J connectivity index is 1.67. The molecule has 7 heteroatoms. The number of benzene rings is 1. The number of aliphatic hydroxyl groups excluding tert-OH is 1. The molecule has 1 aliphatic rings. The molecule has 1 aromatic carbocycles. The minimum Gasteiger partial charge on any atom is -0.497 e. The first-order valence-electron chi connectivity index (χ1n) is 7.72. The number of methoxy groups -OCH3 is 1. The van der Waals surface area contributed by atoms with Crippen LogP contribution in [0.25, 0.3) is 0 Å². The van der Waals surface area contributed by atoms with Gasteiger partial charge < -0.3 is 14.4 Å². The van der Waals surface area contributed by atoms with Gasteiger partial charge in [0.05, 0.1) is 13.8 Å². The molecule has 2 heterocycles. The van der Waals surface area contributed by atoms with Gasteiger partial charge in [0.25, 0.3) is 0 Å². The summed E-state index contributed by atoms with van der Waals surface area (Å²) in [5.41, 5.74) is 1.34. The summed E-state index contributed by atoms with van der Waals surface area (Å²) in [4.78, 5) is 2.35. The second kappa shape index (κ2) is 6.82. The van der Waals surface area contributed by atoms with E-state index in [0.717, 1.165) is 25.3 Å². The van der Waals surface area contributed by atoms with E-state index in [-0.39, 0.29) is 6.61 Å². The predicted octanol–water partition coefficient (Wildman–Crippen LogP) is 1.90. The molecule has 0 aliphatic carbocycles. The summed E-state index contributed by atoms with van der Waals surface area (Å²) in [5.74, 6) is 2.01. The Hall–Kier alpha value is -1.70. The number of rotatable bonds is 5. The number of hydrogen-bond donors (Lipinski definition) is 1. The third-order valence-electron chi connectivity index (χ3n) is 4.47. The number of hydrogen-bond acceptors (Lipinski definition) is 5. The average molecular weight is 334 g/mol. The van der Waals surface area contributed by atoms with Crippen LogP contribution in [0.2, 0.25) is 0 Å². The van der Waals surface area contributed by atoms with Gasteiger partial charge in [0, 0.05) is 20.1 Å². The molecule has 124 valence electrons. The summed E-state index contributed by atoms with van der Waals surface area (Å²) >= 11 is 5.38. The summed E-state index contributed by atoms with van der Waals surface area (Å²) in [7, 11) is 3.52. The average Bonchev–Trinajstić information content (AvgIpc) is 3.15. The minimum atomic E-state index is -0.0956. The van der Waals surface area contributed by atoms with E-state index in [9.17, 15) is 5.11 Å². The number of aliphatic hydroxyl groups is 1. The highest BCUT2D eigenvalue weighted by atomic mass is 32.1. The minimum absolute atomic E-state index is 0.0956. The SMILES string of the molecule is COc1ccc(C2CCN(Cn3nc(CO)n(C)c3=S)C2)cc1. The van der Waals surface area contributed by atoms with Crippen LogP contribution in [0.3, 0.4) is 0 Å². The molecule has 1 fully saturated rings. The molecular weight excluding hydrogens is 312 g/mol. The molecule has 0 bridgehead atoms. The Morgan fingerprint density at radius 2 is 2.09 bits per heavy atom. The van der Waals surface area contributed by atoms with E-state index in [2.05, 4.69) is 22.1 Å². The second-order valence-electron chi connectivity index (χ2n) is 5.89. The van der Waals surface area contributed by atoms with Crippen LogP contribution in [0.1, 0.15) is 23.7 Å². The summed E-state index contributed by atoms with van der Waals surface area (Å²) in [6, 6.07) is 8.31. The van der Waals surface area contributed by atoms with Crippen molar-refractivity contribution in [2.24, 2.45) is 7.05 Å². The lowest BCUT2D eigenvalue weighted by Gasteiger charge is -2.16. The number of ether oxygens (including phenoxy) is 1. The molecule has 1 N–H and O–H groups in total. The Bertz CT molecular complexity index is 723. The summed E-state index contributed by atoms with van der Waals surface area (Å²) in [6.07, 6.45) is 1.12. The van der Waals surface area contributed by atoms with Crippen LogP contribution < -0.4 is 4.74 Å². The molecule has 1 aromatic heterocycles. The maximum absolute atomic E-state index is 9.28. The van der Waals surface area contributed by atoms with Gasteiger partial charge in [0.15, 0.2) is 10.6 Å². The van der Waals surface area contributed by atoms with Crippen molar-refractivity contribution in [1.29, 1.82) is 0 Å². The standard InChI is InChI=1S/C16H22N4O2S/c1-18-15(10-21)17-20(16(18)23)11-19-8-7-13(9-19)12-3-5-14(22-2)6-4-12/h3-6,13,21H,7-11H2,1-2H3. The fourth-order valence-electron chi connectivity index (χ4n) is 3.06. The van der Waals surface area contributed by atoms with E-state index < -0.39 is 0 Å². The van der Waals surface area contributed by atoms with Crippen LogP contribution in [0.5, 0.6) is 5.75 Å². The number of likely N-dealkylation sites (tertiary alicyclic amines) is 1. The van der Waals surface area contributed by atoms with Gasteiger partial charge in [-0.05, 0) is 42.3 Å². The van der Waals surface area contributed by atoms with Crippen molar-refractivity contribution in [3.05, 3.63) is 40.4 Å². The molecular formula is C16H22N4O2S. The van der Waals surface area contributed by atoms with Crippen molar-refractivity contribution < 1.29 is 9.84 Å². The van der Waals surface area contributed by atoms with Crippen LogP contribution in [0.4, 0.5) is 0 Å². The highest BCUT2D eigenvalue weighted by Crippen LogP contribution is 2.28. The molecule has 0 radical (unpaired) electrons. The van der Waals surface area contributed by atoms with Crippen molar-refractivity contribution in [1.82, 2.24) is 19.2 Å². The van der Waals surface area contributed by atoms with Gasteiger partial charge in [0.2, 0.25) is 0 Å². The van der Waals surface area contributed by atoms with Crippen LogP contribution in [-0.2, 0) is 20.3 Å². The lowest BCUT2D eigenvalue weighted by molar-refractivity contribution is 0.243. The highest BCUT2D eigenvalue weighted by molar-refractivity contribution is 7.71. The van der Waals surface area contributed by atoms with Crippen molar-refractivity contribution in [2.75, 3.05) is 20.2 Å². The number of nitrogens with zero attached hydrogens (tertiary/aromatic N) is 4. The van der Waals surface area contributed by atoms with Crippen LogP contribution >= 0.6 is 12.2 Å². The Labute approximate surface area is 140 Å². The van der Waals surface area contributed by atoms with E-state index in [4.69, 9.17) is 17.0 Å². The van der Waals surface area contributed by atoms with E-state index >= 15 is 0 Å². The Kier molecular flexibility index (Phi) is 4.79. The molecule has 1 atom stereocenters. The van der Waals surface area contributed by atoms with E-state index in [1.165, 1.54) is 5.56 Å². The zero-order chi connectivity index (χ0) is 16.4. The first-order valence-corrected chi connectivity index (χ1v) is 8.13. The van der Waals surface area contributed by atoms with Crippen molar-refractivity contribution in [3.8, 4) is 5.75 Å². The van der Waals surface area contributed by atoms with Gasteiger partial charge in [-0.2, -0.15) is 5.10 Å². The molecule has 1 aliphatic heterocycles. The summed E-state index contributed by atoms with van der Waals surface area (Å²) in [6.45, 7) is 2.57. The van der Waals surface area contributed by atoms with E-state index in [1.54, 1.807) is 16.4 Å². The van der Waals surface area contributed by atoms with Crippen molar-refractivity contribution in [3.63, 3.8) is 0 Å². The molecule has 1 unspecified atom stereocenters. The Morgan fingerprint density at radius 3 is 2.70 bits per heavy atom. The van der Waals surface area contributed by atoms with Crippen molar-refractivity contribution >= 4 is 12.2 Å². The molecule has 0 amide bonds. The highest BCUT2D eigenvalue weighted by Gasteiger charge is 2.24. The van der Waals surface area contributed by atoms with Crippen LogP contribution in [0.15, 0.2) is 24.3 Å². The van der Waals surface area contributed by atoms with Crippen LogP contribution in [-0.4, -0.2) is 44.6 Å². The maximum atomic E-state index is 9.28. The zero-order valence-electron chi connectivity index (χ0n) is 13.5. The Morgan fingerprint density at radius 1 is 1.35 bits per heavy atom. The monoisotopic (exact) mass is 334 g/mol. The van der Waals surface area contributed by atoms with E-state index in [1.807, 2.05) is 19.2 Å². The lowest BCUT2D eigenvalue weighted by atomic mass is 9.98. The largest absolute Gasteiger partial charge is 0.497 e. The second-order valence-corrected chi connectivity index (χ2v) is 6.26. The predicted molar refractivity (Wildman–Crippen MR) is 89.9 cm³/mol. The smallest absolute Gasteiger partial charge is 0.198 e. The van der Waals surface area contributed by atoms with Gasteiger partial charge in [0.1, 0.15) is 12.4 Å². The van der Waals surface area contributed by atoms with Gasteiger partial charge >= 0.3 is 0 Å². The summed E-state index contributed by atoms with van der Waals surface area (Å²) < 4.78 is 9.40. The lowest BCUT2D eigenvalue weighted by Crippen LogP contribution is -2.24. The maximum Gasteiger partial charge on any atom is 0.198 e. The topological polar surface area (TPSA) is 55.4 Å². The fourth-order valence-corrected chi connectivity index (χ4v) is 3.27. The van der Waals surface area contributed by atoms with E-state index in [0.29, 0.717) is 23.2 Å². The van der Waals surface area contributed by atoms with Gasteiger partial charge in [-0.3, -0.25) is 4.90 Å². The zero-order valence-corrected chi connectivity index (χ0v) is 14.3. The van der Waals surface area contributed by atoms with Crippen LogP contribution in [0, 0.1) is 4.77 Å². The third kappa shape index (κ3) is 3.31. The molecule has 1 saturated heterocycles. The molecule has 2 aromatic rings. The molecule has 0 saturated carbocycles. The summed E-state index contributed by atoms with van der Waals surface area (Å²) in [5, 5.41) is 13.7. The fraction of sp³-hybridized carbons (Fsp3) is 0.500. The first kappa shape index (κ1) is 16.2. The number of aromatic nitrogens is 3. The molecule has 6 nitrogen and oxygen atoms in total. The third-order valence-corrected chi connectivity index (χ3v) is 4.95. The molecule has 0 spiro atoms. The van der Waals surface area contributed by atoms with Crippen molar-refractivity contribution in [2.45, 2.75) is 25.6 Å². The quantitative estimate of drug-likeness (QED) is 0.847. The molecule has 23 heavy (non-hydrogen) atoms. The first-order chi connectivity index (χ1) is 11.1. The molecule has 3 rings (SSSR count). The normalized spacial score (nSPS) is 18.5.